The summed E-state index contributed by atoms with van der Waals surface area (Å²) in [6.45, 7) is 2.02. The summed E-state index contributed by atoms with van der Waals surface area (Å²) in [5.74, 6) is -0.226. The minimum absolute atomic E-state index is 0.0211. The number of aliphatic hydroxyl groups excluding tert-OH is 1. The number of hydrogen-bond donors (Lipinski definition) is 3. The van der Waals surface area contributed by atoms with Gasteiger partial charge in [-0.1, -0.05) is 0 Å². The van der Waals surface area contributed by atoms with Crippen LogP contribution in [0.1, 0.15) is 13.3 Å². The van der Waals surface area contributed by atoms with Gasteiger partial charge in [-0.2, -0.15) is 0 Å². The van der Waals surface area contributed by atoms with Crippen LogP contribution in [-0.4, -0.2) is 43.4 Å². The monoisotopic (exact) mass is 190 g/mol. The molecule has 0 bridgehead atoms. The summed E-state index contributed by atoms with van der Waals surface area (Å²) in [7, 11) is 1.54. The highest BCUT2D eigenvalue weighted by molar-refractivity contribution is 5.81. The Labute approximate surface area is 78.3 Å². The van der Waals surface area contributed by atoms with Crippen molar-refractivity contribution in [2.24, 2.45) is 5.73 Å². The van der Waals surface area contributed by atoms with Crippen LogP contribution in [0.3, 0.4) is 0 Å². The topological polar surface area (TPSA) is 84.6 Å². The largest absolute Gasteiger partial charge is 0.396 e. The zero-order valence-electron chi connectivity index (χ0n) is 8.12. The van der Waals surface area contributed by atoms with Crippen LogP contribution < -0.4 is 11.1 Å². The molecule has 4 N–H and O–H groups in total. The summed E-state index contributed by atoms with van der Waals surface area (Å²) in [5.41, 5.74) is 5.36. The van der Waals surface area contributed by atoms with E-state index in [0.29, 0.717) is 13.0 Å². The van der Waals surface area contributed by atoms with Crippen LogP contribution in [0.15, 0.2) is 0 Å². The molecule has 2 atom stereocenters. The predicted molar refractivity (Wildman–Crippen MR) is 49.2 cm³/mol. The van der Waals surface area contributed by atoms with E-state index in [-0.39, 0.29) is 18.6 Å². The Morgan fingerprint density at radius 2 is 2.31 bits per heavy atom. The van der Waals surface area contributed by atoms with E-state index < -0.39 is 6.04 Å². The normalized spacial score (nSPS) is 15.1. The molecule has 13 heavy (non-hydrogen) atoms. The highest BCUT2D eigenvalue weighted by Crippen LogP contribution is 1.92. The summed E-state index contributed by atoms with van der Waals surface area (Å²) >= 11 is 0. The van der Waals surface area contributed by atoms with Gasteiger partial charge < -0.3 is 20.9 Å². The van der Waals surface area contributed by atoms with Crippen LogP contribution in [0.4, 0.5) is 0 Å². The van der Waals surface area contributed by atoms with Gasteiger partial charge in [0, 0.05) is 13.7 Å². The SMILES string of the molecule is COCC(CCO)NC(=O)[C@H](C)N. The number of nitrogens with one attached hydrogen (secondary N) is 1. The van der Waals surface area contributed by atoms with Crippen LogP contribution in [0, 0.1) is 0 Å². The van der Waals surface area contributed by atoms with Gasteiger partial charge in [-0.25, -0.2) is 0 Å². The first-order valence-electron chi connectivity index (χ1n) is 4.27. The molecule has 0 rings (SSSR count). The quantitative estimate of drug-likeness (QED) is 0.493. The number of carbonyl (C=O) groups is 1. The Morgan fingerprint density at radius 1 is 1.69 bits per heavy atom. The fourth-order valence-corrected chi connectivity index (χ4v) is 0.887. The molecule has 0 saturated carbocycles. The molecule has 0 aliphatic heterocycles. The molecule has 0 radical (unpaired) electrons. The number of carbonyl (C=O) groups excluding carboxylic acids is 1. The Balaban J connectivity index is 3.86. The smallest absolute Gasteiger partial charge is 0.236 e. The van der Waals surface area contributed by atoms with E-state index in [1.165, 1.54) is 0 Å². The molecule has 1 amide bonds. The van der Waals surface area contributed by atoms with Crippen molar-refractivity contribution in [1.29, 1.82) is 0 Å². The Hall–Kier alpha value is -0.650. The number of methoxy groups -OCH3 is 1. The average Bonchev–Trinajstić information content (AvgIpc) is 2.05. The summed E-state index contributed by atoms with van der Waals surface area (Å²) in [6, 6.07) is -0.688. The number of ether oxygens (including phenoxy) is 1. The summed E-state index contributed by atoms with van der Waals surface area (Å²) in [5, 5.41) is 11.3. The third-order valence-corrected chi connectivity index (χ3v) is 1.61. The fraction of sp³-hybridized carbons (Fsp3) is 0.875. The molecule has 0 aromatic heterocycles. The van der Waals surface area contributed by atoms with Crippen molar-refractivity contribution in [1.82, 2.24) is 5.32 Å². The number of aliphatic hydroxyl groups is 1. The van der Waals surface area contributed by atoms with E-state index in [1.807, 2.05) is 0 Å². The van der Waals surface area contributed by atoms with Gasteiger partial charge in [-0.05, 0) is 13.3 Å². The second-order valence-electron chi connectivity index (χ2n) is 2.96. The van der Waals surface area contributed by atoms with Gasteiger partial charge in [-0.15, -0.1) is 0 Å². The second-order valence-corrected chi connectivity index (χ2v) is 2.96. The van der Waals surface area contributed by atoms with Gasteiger partial charge in [0.2, 0.25) is 5.91 Å². The third-order valence-electron chi connectivity index (χ3n) is 1.61. The highest BCUT2D eigenvalue weighted by atomic mass is 16.5. The van der Waals surface area contributed by atoms with E-state index in [4.69, 9.17) is 15.6 Å². The molecule has 0 spiro atoms. The van der Waals surface area contributed by atoms with Crippen LogP contribution in [-0.2, 0) is 9.53 Å². The standard InChI is InChI=1S/C8H18N2O3/c1-6(9)8(12)10-7(3-4-11)5-13-2/h6-7,11H,3-5,9H2,1-2H3,(H,10,12)/t6-,7?/m0/s1. The van der Waals surface area contributed by atoms with E-state index in [2.05, 4.69) is 5.32 Å². The molecular weight excluding hydrogens is 172 g/mol. The van der Waals surface area contributed by atoms with Gasteiger partial charge in [0.05, 0.1) is 18.7 Å². The molecule has 0 fully saturated rings. The maximum atomic E-state index is 11.1. The maximum absolute atomic E-state index is 11.1. The van der Waals surface area contributed by atoms with E-state index in [0.717, 1.165) is 0 Å². The molecular formula is C8H18N2O3. The highest BCUT2D eigenvalue weighted by Gasteiger charge is 2.13. The lowest BCUT2D eigenvalue weighted by molar-refractivity contribution is -0.123. The number of hydrogen-bond acceptors (Lipinski definition) is 4. The van der Waals surface area contributed by atoms with Gasteiger partial charge >= 0.3 is 0 Å². The van der Waals surface area contributed by atoms with E-state index >= 15 is 0 Å². The van der Waals surface area contributed by atoms with Crippen LogP contribution in [0.25, 0.3) is 0 Å². The molecule has 0 aliphatic carbocycles. The third kappa shape index (κ3) is 5.57. The molecule has 1 unspecified atom stereocenters. The summed E-state index contributed by atoms with van der Waals surface area (Å²) in [6.07, 6.45) is 0.478. The zero-order valence-corrected chi connectivity index (χ0v) is 8.12. The fourth-order valence-electron chi connectivity index (χ4n) is 0.887. The first-order chi connectivity index (χ1) is 6.11. The molecule has 0 aromatic carbocycles. The minimum Gasteiger partial charge on any atom is -0.396 e. The molecule has 5 heteroatoms. The van der Waals surface area contributed by atoms with Crippen molar-refractivity contribution in [3.05, 3.63) is 0 Å². The van der Waals surface area contributed by atoms with Gasteiger partial charge in [-0.3, -0.25) is 4.79 Å². The lowest BCUT2D eigenvalue weighted by atomic mass is 10.2. The van der Waals surface area contributed by atoms with Crippen molar-refractivity contribution in [3.8, 4) is 0 Å². The number of amides is 1. The van der Waals surface area contributed by atoms with Crippen molar-refractivity contribution < 1.29 is 14.6 Å². The summed E-state index contributed by atoms with van der Waals surface area (Å²) < 4.78 is 4.87. The first-order valence-corrected chi connectivity index (χ1v) is 4.27. The zero-order chi connectivity index (χ0) is 10.3. The van der Waals surface area contributed by atoms with Gasteiger partial charge in [0.15, 0.2) is 0 Å². The molecule has 0 aromatic rings. The molecule has 0 aliphatic rings. The van der Waals surface area contributed by atoms with Crippen molar-refractivity contribution in [2.45, 2.75) is 25.4 Å². The van der Waals surface area contributed by atoms with Gasteiger partial charge in [0.25, 0.3) is 0 Å². The Kier molecular flexibility index (Phi) is 6.48. The van der Waals surface area contributed by atoms with Crippen LogP contribution in [0.5, 0.6) is 0 Å². The van der Waals surface area contributed by atoms with E-state index in [9.17, 15) is 4.79 Å². The Bertz CT molecular complexity index is 144. The average molecular weight is 190 g/mol. The number of nitrogens with two attached hydrogens (primary N) is 1. The van der Waals surface area contributed by atoms with Crippen molar-refractivity contribution in [3.63, 3.8) is 0 Å². The van der Waals surface area contributed by atoms with Crippen molar-refractivity contribution >= 4 is 5.91 Å². The first kappa shape index (κ1) is 12.3. The lowest BCUT2D eigenvalue weighted by Crippen LogP contribution is -2.46. The molecule has 0 saturated heterocycles. The van der Waals surface area contributed by atoms with Crippen LogP contribution >= 0.6 is 0 Å². The molecule has 0 heterocycles. The minimum atomic E-state index is -0.530. The predicted octanol–water partition coefficient (Wildman–Crippen LogP) is -1.15. The Morgan fingerprint density at radius 3 is 2.69 bits per heavy atom. The van der Waals surface area contributed by atoms with Gasteiger partial charge in [0.1, 0.15) is 0 Å². The van der Waals surface area contributed by atoms with Crippen LogP contribution in [0.2, 0.25) is 0 Å². The second kappa shape index (κ2) is 6.82. The van der Waals surface area contributed by atoms with Crippen molar-refractivity contribution in [2.75, 3.05) is 20.3 Å². The molecule has 5 nitrogen and oxygen atoms in total. The molecule has 78 valence electrons. The summed E-state index contributed by atoms with van der Waals surface area (Å²) in [4.78, 5) is 11.1. The number of rotatable bonds is 6. The lowest BCUT2D eigenvalue weighted by Gasteiger charge is -2.17. The van der Waals surface area contributed by atoms with E-state index in [1.54, 1.807) is 14.0 Å². The maximum Gasteiger partial charge on any atom is 0.236 e.